The number of hydrogen-bond donors (Lipinski definition) is 1. The lowest BCUT2D eigenvalue weighted by Crippen LogP contribution is -2.24. The minimum absolute atomic E-state index is 0.229. The van der Waals surface area contributed by atoms with Crippen molar-refractivity contribution in [2.24, 2.45) is 0 Å². The number of para-hydroxylation sites is 2. The van der Waals surface area contributed by atoms with Crippen LogP contribution in [0, 0.1) is 0 Å². The topological polar surface area (TPSA) is 30.5 Å². The van der Waals surface area contributed by atoms with Gasteiger partial charge in [-0.05, 0) is 32.0 Å². The second-order valence-corrected chi connectivity index (χ2v) is 4.81. The van der Waals surface area contributed by atoms with Crippen LogP contribution < -0.4 is 14.8 Å². The van der Waals surface area contributed by atoms with Gasteiger partial charge < -0.3 is 14.8 Å². The summed E-state index contributed by atoms with van der Waals surface area (Å²) in [5, 5.41) is 3.46. The van der Waals surface area contributed by atoms with Gasteiger partial charge in [-0.15, -0.1) is 0 Å². The van der Waals surface area contributed by atoms with E-state index in [1.165, 1.54) is 5.56 Å². The third-order valence-corrected chi connectivity index (χ3v) is 3.25. The van der Waals surface area contributed by atoms with Gasteiger partial charge in [0.1, 0.15) is 18.1 Å². The molecule has 0 spiro atoms. The number of ether oxygens (including phenoxy) is 2. The lowest BCUT2D eigenvalue weighted by atomic mass is 10.1. The van der Waals surface area contributed by atoms with E-state index in [2.05, 4.69) is 18.3 Å². The van der Waals surface area contributed by atoms with Crippen LogP contribution in [0.15, 0.2) is 54.6 Å². The van der Waals surface area contributed by atoms with E-state index in [4.69, 9.17) is 9.47 Å². The Bertz CT molecular complexity index is 528. The first-order valence-corrected chi connectivity index (χ1v) is 7.44. The summed E-state index contributed by atoms with van der Waals surface area (Å²) >= 11 is 0. The van der Waals surface area contributed by atoms with Crippen molar-refractivity contribution in [3.63, 3.8) is 0 Å². The smallest absolute Gasteiger partial charge is 0.124 e. The van der Waals surface area contributed by atoms with Gasteiger partial charge in [0.05, 0.1) is 6.61 Å². The molecule has 0 aliphatic heterocycles. The third kappa shape index (κ3) is 4.80. The van der Waals surface area contributed by atoms with Gasteiger partial charge in [-0.1, -0.05) is 36.4 Å². The zero-order valence-electron chi connectivity index (χ0n) is 12.7. The molecule has 1 N–H and O–H groups in total. The average molecular weight is 285 g/mol. The van der Waals surface area contributed by atoms with Gasteiger partial charge >= 0.3 is 0 Å². The Labute approximate surface area is 126 Å². The summed E-state index contributed by atoms with van der Waals surface area (Å²) in [6.45, 7) is 6.26. The molecular formula is C18H23NO2. The van der Waals surface area contributed by atoms with Crippen LogP contribution in [0.3, 0.4) is 0 Å². The molecule has 1 atom stereocenters. The maximum atomic E-state index is 5.68. The van der Waals surface area contributed by atoms with E-state index in [1.54, 1.807) is 0 Å². The molecule has 0 amide bonds. The first-order chi connectivity index (χ1) is 10.3. The summed E-state index contributed by atoms with van der Waals surface area (Å²) in [7, 11) is 0. The fraction of sp³-hybridized carbons (Fsp3) is 0.333. The molecule has 0 radical (unpaired) electrons. The van der Waals surface area contributed by atoms with Crippen LogP contribution in [0.25, 0.3) is 0 Å². The third-order valence-electron chi connectivity index (χ3n) is 3.25. The monoisotopic (exact) mass is 285 g/mol. The maximum Gasteiger partial charge on any atom is 0.124 e. The van der Waals surface area contributed by atoms with E-state index in [-0.39, 0.29) is 6.04 Å². The standard InChI is InChI=1S/C18H23NO2/c1-3-20-18-12-8-7-11-17(18)15(2)19-13-14-21-16-9-5-4-6-10-16/h4-12,15,19H,3,13-14H2,1-2H3. The van der Waals surface area contributed by atoms with E-state index in [9.17, 15) is 0 Å². The molecule has 0 fully saturated rings. The maximum absolute atomic E-state index is 5.68. The zero-order valence-corrected chi connectivity index (χ0v) is 12.7. The number of hydrogen-bond acceptors (Lipinski definition) is 3. The van der Waals surface area contributed by atoms with Crippen LogP contribution in [-0.4, -0.2) is 19.8 Å². The number of nitrogens with one attached hydrogen (secondary N) is 1. The molecule has 3 heteroatoms. The quantitative estimate of drug-likeness (QED) is 0.748. The van der Waals surface area contributed by atoms with Crippen LogP contribution in [0.1, 0.15) is 25.5 Å². The molecule has 0 aliphatic carbocycles. The normalized spacial score (nSPS) is 11.9. The van der Waals surface area contributed by atoms with Crippen LogP contribution in [0.4, 0.5) is 0 Å². The molecule has 2 aromatic carbocycles. The second-order valence-electron chi connectivity index (χ2n) is 4.81. The molecule has 0 heterocycles. The van der Waals surface area contributed by atoms with Crippen LogP contribution in [-0.2, 0) is 0 Å². The summed E-state index contributed by atoms with van der Waals surface area (Å²) in [6, 6.07) is 18.2. The fourth-order valence-electron chi connectivity index (χ4n) is 2.20. The Morgan fingerprint density at radius 1 is 0.952 bits per heavy atom. The molecule has 2 rings (SSSR count). The molecule has 1 unspecified atom stereocenters. The molecule has 0 aromatic heterocycles. The fourth-order valence-corrected chi connectivity index (χ4v) is 2.20. The SMILES string of the molecule is CCOc1ccccc1C(C)NCCOc1ccccc1. The molecule has 0 bridgehead atoms. The predicted octanol–water partition coefficient (Wildman–Crippen LogP) is 3.81. The highest BCUT2D eigenvalue weighted by molar-refractivity contribution is 5.35. The van der Waals surface area contributed by atoms with Crippen LogP contribution >= 0.6 is 0 Å². The second kappa shape index (κ2) is 8.32. The summed E-state index contributed by atoms with van der Waals surface area (Å²) < 4.78 is 11.3. The van der Waals surface area contributed by atoms with Crippen molar-refractivity contribution in [2.75, 3.05) is 19.8 Å². The molecule has 2 aromatic rings. The summed E-state index contributed by atoms with van der Waals surface area (Å²) in [5.74, 6) is 1.85. The van der Waals surface area contributed by atoms with E-state index >= 15 is 0 Å². The van der Waals surface area contributed by atoms with Gasteiger partial charge in [0.2, 0.25) is 0 Å². The molecular weight excluding hydrogens is 262 g/mol. The molecule has 112 valence electrons. The lowest BCUT2D eigenvalue weighted by molar-refractivity contribution is 0.303. The van der Waals surface area contributed by atoms with Crippen molar-refractivity contribution in [1.29, 1.82) is 0 Å². The highest BCUT2D eigenvalue weighted by Crippen LogP contribution is 2.24. The van der Waals surface area contributed by atoms with E-state index in [0.717, 1.165) is 18.0 Å². The van der Waals surface area contributed by atoms with Crippen LogP contribution in [0.5, 0.6) is 11.5 Å². The minimum Gasteiger partial charge on any atom is -0.494 e. The van der Waals surface area contributed by atoms with Gasteiger partial charge in [-0.3, -0.25) is 0 Å². The largest absolute Gasteiger partial charge is 0.494 e. The summed E-state index contributed by atoms with van der Waals surface area (Å²) in [6.07, 6.45) is 0. The Morgan fingerprint density at radius 3 is 2.43 bits per heavy atom. The lowest BCUT2D eigenvalue weighted by Gasteiger charge is -2.18. The predicted molar refractivity (Wildman–Crippen MR) is 86.0 cm³/mol. The molecule has 0 aliphatic rings. The first kappa shape index (κ1) is 15.4. The average Bonchev–Trinajstić information content (AvgIpc) is 2.53. The first-order valence-electron chi connectivity index (χ1n) is 7.44. The molecule has 0 saturated carbocycles. The molecule has 3 nitrogen and oxygen atoms in total. The van der Waals surface area contributed by atoms with Crippen molar-refractivity contribution in [3.05, 3.63) is 60.2 Å². The Hall–Kier alpha value is -2.00. The Balaban J connectivity index is 1.80. The Morgan fingerprint density at radius 2 is 1.67 bits per heavy atom. The minimum atomic E-state index is 0.229. The van der Waals surface area contributed by atoms with Gasteiger partial charge in [0.25, 0.3) is 0 Å². The van der Waals surface area contributed by atoms with E-state index in [0.29, 0.717) is 13.2 Å². The number of benzene rings is 2. The van der Waals surface area contributed by atoms with Crippen molar-refractivity contribution < 1.29 is 9.47 Å². The number of rotatable bonds is 8. The summed E-state index contributed by atoms with van der Waals surface area (Å²) in [4.78, 5) is 0. The van der Waals surface area contributed by atoms with Gasteiger partial charge in [0, 0.05) is 18.2 Å². The zero-order chi connectivity index (χ0) is 14.9. The van der Waals surface area contributed by atoms with Crippen LogP contribution in [0.2, 0.25) is 0 Å². The molecule has 21 heavy (non-hydrogen) atoms. The van der Waals surface area contributed by atoms with Crippen molar-refractivity contribution >= 4 is 0 Å². The van der Waals surface area contributed by atoms with Gasteiger partial charge in [-0.25, -0.2) is 0 Å². The van der Waals surface area contributed by atoms with E-state index < -0.39 is 0 Å². The Kier molecular flexibility index (Phi) is 6.10. The van der Waals surface area contributed by atoms with Gasteiger partial charge in [0.15, 0.2) is 0 Å². The van der Waals surface area contributed by atoms with Gasteiger partial charge in [-0.2, -0.15) is 0 Å². The highest BCUT2D eigenvalue weighted by atomic mass is 16.5. The molecule has 0 saturated heterocycles. The van der Waals surface area contributed by atoms with E-state index in [1.807, 2.05) is 55.5 Å². The summed E-state index contributed by atoms with van der Waals surface area (Å²) in [5.41, 5.74) is 1.18. The highest BCUT2D eigenvalue weighted by Gasteiger charge is 2.10. The van der Waals surface area contributed by atoms with Crippen molar-refractivity contribution in [1.82, 2.24) is 5.32 Å². The van der Waals surface area contributed by atoms with Crippen molar-refractivity contribution in [3.8, 4) is 11.5 Å². The van der Waals surface area contributed by atoms with Crippen molar-refractivity contribution in [2.45, 2.75) is 19.9 Å².